The molecule has 298 valence electrons. The van der Waals surface area contributed by atoms with Gasteiger partial charge in [-0.1, -0.05) is 54.6 Å². The smallest absolute Gasteiger partial charge is 0.319 e. The molecule has 5 aromatic rings. The van der Waals surface area contributed by atoms with Gasteiger partial charge in [0.1, 0.15) is 5.75 Å². The van der Waals surface area contributed by atoms with Crippen LogP contribution in [0.4, 0.5) is 47.6 Å². The van der Waals surface area contributed by atoms with Gasteiger partial charge >= 0.3 is 24.1 Å². The molecular weight excluding hydrogens is 753 g/mol. The van der Waals surface area contributed by atoms with Crippen LogP contribution in [0.2, 0.25) is 0 Å². The molecule has 8 N–H and O–H groups in total. The fourth-order valence-corrected chi connectivity index (χ4v) is 6.50. The lowest BCUT2D eigenvalue weighted by molar-refractivity contribution is 0.249. The fourth-order valence-electron chi connectivity index (χ4n) is 6.50. The number of rotatable bonds is 15. The van der Waals surface area contributed by atoms with E-state index in [1.807, 2.05) is 66.7 Å². The van der Waals surface area contributed by atoms with Crippen molar-refractivity contribution in [3.8, 4) is 23.1 Å². The molecule has 0 saturated carbocycles. The molecule has 0 fully saturated rings. The van der Waals surface area contributed by atoms with Gasteiger partial charge in [-0.3, -0.25) is 0 Å². The van der Waals surface area contributed by atoms with Crippen LogP contribution in [0.25, 0.3) is 11.1 Å². The number of carbonyl (C=O) groups is 4. The number of fused-ring (bicyclic) bond motifs is 3. The molecule has 0 spiro atoms. The van der Waals surface area contributed by atoms with Crippen molar-refractivity contribution in [1.29, 1.82) is 5.26 Å². The lowest BCUT2D eigenvalue weighted by Gasteiger charge is -2.16. The number of hydrogen-bond donors (Lipinski definition) is 8. The zero-order valence-corrected chi connectivity index (χ0v) is 31.6. The number of isocyanates is 1. The maximum atomic E-state index is 12.9. The number of nitrogens with one attached hydrogen (secondary N) is 8. The van der Waals surface area contributed by atoms with Crippen LogP contribution in [0.1, 0.15) is 35.4 Å². The fraction of sp³-hybridized carbons (Fsp3) is 0.163. The summed E-state index contributed by atoms with van der Waals surface area (Å²) < 4.78 is 4.78. The highest BCUT2D eigenvalue weighted by atomic mass is 16.5. The molecule has 16 heteroatoms. The van der Waals surface area contributed by atoms with Crippen LogP contribution in [0, 0.1) is 11.5 Å². The molecule has 0 heterocycles. The summed E-state index contributed by atoms with van der Waals surface area (Å²) in [6.07, 6.45) is 4.01. The number of benzene rings is 5. The Kier molecular flexibility index (Phi) is 13.8. The zero-order valence-electron chi connectivity index (χ0n) is 31.6. The Morgan fingerprint density at radius 2 is 1.03 bits per heavy atom. The second-order valence-corrected chi connectivity index (χ2v) is 13.2. The van der Waals surface area contributed by atoms with E-state index in [1.54, 1.807) is 48.7 Å². The second kappa shape index (κ2) is 20.1. The Labute approximate surface area is 339 Å². The number of carbonyl (C=O) groups excluding carboxylic acids is 5. The van der Waals surface area contributed by atoms with Crippen molar-refractivity contribution in [2.24, 2.45) is 4.99 Å². The van der Waals surface area contributed by atoms with E-state index >= 15 is 0 Å². The Balaban J connectivity index is 0.979. The van der Waals surface area contributed by atoms with Crippen molar-refractivity contribution in [2.75, 3.05) is 47.4 Å². The average Bonchev–Trinajstić information content (AvgIpc) is 3.54. The van der Waals surface area contributed by atoms with E-state index in [2.05, 4.69) is 47.5 Å². The van der Waals surface area contributed by atoms with Gasteiger partial charge in [-0.15, -0.1) is 5.26 Å². The lowest BCUT2D eigenvalue weighted by atomic mass is 9.89. The summed E-state index contributed by atoms with van der Waals surface area (Å²) in [5.41, 5.74) is 7.63. The van der Waals surface area contributed by atoms with E-state index in [4.69, 9.17) is 10.00 Å². The number of nitrogens with zero attached hydrogens (tertiary/aromatic N) is 2. The van der Waals surface area contributed by atoms with Crippen molar-refractivity contribution >= 4 is 58.6 Å². The van der Waals surface area contributed by atoms with Gasteiger partial charge in [0, 0.05) is 60.9 Å². The van der Waals surface area contributed by atoms with Crippen molar-refractivity contribution in [1.82, 2.24) is 21.3 Å². The Hall–Kier alpha value is -8.15. The van der Waals surface area contributed by atoms with E-state index in [-0.39, 0.29) is 18.0 Å². The molecule has 6 rings (SSSR count). The SMILES string of the molecule is N#COc1cccc(NC(=O)NCCCNC(=O)Nc2ccc3c(c2)C(c2ccccc2)c2cc(NC(=O)NCCCNC(=O)Nc4cccc(N=C=O)c4)ccc2-3)c1. The van der Waals surface area contributed by atoms with Gasteiger partial charge < -0.3 is 47.3 Å². The first-order valence-electron chi connectivity index (χ1n) is 18.7. The minimum atomic E-state index is -0.432. The average molecular weight is 793 g/mol. The number of aliphatic imine (C=N–C) groups is 1. The molecule has 1 atom stereocenters. The first kappa shape index (κ1) is 40.5. The van der Waals surface area contributed by atoms with Crippen LogP contribution in [0.3, 0.4) is 0 Å². The second-order valence-electron chi connectivity index (χ2n) is 13.2. The quantitative estimate of drug-likeness (QED) is 0.0228. The predicted molar refractivity (Wildman–Crippen MR) is 223 cm³/mol. The van der Waals surface area contributed by atoms with Crippen LogP contribution in [0.5, 0.6) is 5.75 Å². The largest absolute Gasteiger partial charge is 0.388 e. The van der Waals surface area contributed by atoms with Gasteiger partial charge in [0.2, 0.25) is 6.08 Å². The van der Waals surface area contributed by atoms with Crippen molar-refractivity contribution in [2.45, 2.75) is 18.8 Å². The van der Waals surface area contributed by atoms with E-state index in [1.165, 1.54) is 12.1 Å². The molecule has 8 amide bonds. The monoisotopic (exact) mass is 792 g/mol. The molecule has 0 radical (unpaired) electrons. The van der Waals surface area contributed by atoms with E-state index in [0.29, 0.717) is 73.2 Å². The third kappa shape index (κ3) is 11.4. The number of anilines is 4. The minimum Gasteiger partial charge on any atom is -0.388 e. The zero-order chi connectivity index (χ0) is 41.4. The highest BCUT2D eigenvalue weighted by Crippen LogP contribution is 2.49. The Morgan fingerprint density at radius 3 is 1.53 bits per heavy atom. The lowest BCUT2D eigenvalue weighted by Crippen LogP contribution is -2.34. The third-order valence-electron chi connectivity index (χ3n) is 9.05. The summed E-state index contributed by atoms with van der Waals surface area (Å²) in [5.74, 6) is 0.151. The van der Waals surface area contributed by atoms with Gasteiger partial charge in [-0.05, 0) is 95.3 Å². The molecule has 1 aliphatic rings. The molecule has 0 saturated heterocycles. The van der Waals surface area contributed by atoms with Crippen molar-refractivity contribution in [3.05, 3.63) is 132 Å². The number of ether oxygens (including phenoxy) is 1. The first-order chi connectivity index (χ1) is 28.8. The van der Waals surface area contributed by atoms with Crippen LogP contribution in [0.15, 0.2) is 120 Å². The molecule has 0 bridgehead atoms. The summed E-state index contributed by atoms with van der Waals surface area (Å²) in [4.78, 5) is 64.2. The summed E-state index contributed by atoms with van der Waals surface area (Å²) in [6, 6.07) is 32.8. The topological polar surface area (TPSA) is 227 Å². The first-order valence-corrected chi connectivity index (χ1v) is 18.7. The van der Waals surface area contributed by atoms with Crippen LogP contribution >= 0.6 is 0 Å². The molecule has 5 aromatic carbocycles. The molecule has 59 heavy (non-hydrogen) atoms. The normalized spacial score (nSPS) is 11.9. The summed E-state index contributed by atoms with van der Waals surface area (Å²) in [7, 11) is 0. The van der Waals surface area contributed by atoms with E-state index in [0.717, 1.165) is 27.8 Å². The van der Waals surface area contributed by atoms with Gasteiger partial charge in [0.05, 0.1) is 5.69 Å². The van der Waals surface area contributed by atoms with Crippen molar-refractivity contribution < 1.29 is 28.7 Å². The molecule has 0 aromatic heterocycles. The van der Waals surface area contributed by atoms with Crippen molar-refractivity contribution in [3.63, 3.8) is 0 Å². The third-order valence-corrected chi connectivity index (χ3v) is 9.05. The summed E-state index contributed by atoms with van der Waals surface area (Å²) >= 11 is 0. The van der Waals surface area contributed by atoms with Gasteiger partial charge in [0.15, 0.2) is 0 Å². The van der Waals surface area contributed by atoms with Gasteiger partial charge in [-0.2, -0.15) is 4.99 Å². The Bertz CT molecular complexity index is 2410. The van der Waals surface area contributed by atoms with Crippen LogP contribution in [-0.2, 0) is 4.79 Å². The van der Waals surface area contributed by atoms with E-state index in [9.17, 15) is 24.0 Å². The maximum Gasteiger partial charge on any atom is 0.319 e. The number of amides is 8. The summed E-state index contributed by atoms with van der Waals surface area (Å²) in [5, 5.41) is 30.9. The van der Waals surface area contributed by atoms with Crippen LogP contribution < -0.4 is 47.3 Å². The standard InChI is InChI=1S/C43H40N10O6/c44-26-59-34-13-5-12-31(23-34)51-41(56)46-19-7-21-48-43(58)53-33-15-17-36-35-16-14-32(24-37(35)39(38(36)25-33)28-8-2-1-3-9-28)52-42(57)47-20-6-18-45-40(55)50-30-11-4-10-29(22-30)49-27-54/h1-5,8-17,22-25,39H,6-7,18-21H2,(H2,45,50,55)(H2,46,51,56)(H2,47,52,57)(H2,48,53,58). The van der Waals surface area contributed by atoms with Gasteiger partial charge in [0.25, 0.3) is 6.26 Å². The maximum absolute atomic E-state index is 12.9. The molecule has 16 nitrogen and oxygen atoms in total. The highest BCUT2D eigenvalue weighted by Gasteiger charge is 2.31. The predicted octanol–water partition coefficient (Wildman–Crippen LogP) is 7.34. The Morgan fingerprint density at radius 1 is 0.559 bits per heavy atom. The number of hydrogen-bond acceptors (Lipinski definition) is 8. The highest BCUT2D eigenvalue weighted by molar-refractivity contribution is 5.94. The number of urea groups is 4. The molecular formula is C43H40N10O6. The van der Waals surface area contributed by atoms with Crippen LogP contribution in [-0.4, -0.2) is 56.4 Å². The molecule has 1 aliphatic carbocycles. The molecule has 1 unspecified atom stereocenters. The molecule has 0 aliphatic heterocycles. The van der Waals surface area contributed by atoms with E-state index < -0.39 is 12.1 Å². The minimum absolute atomic E-state index is 0.160. The number of nitriles is 1. The summed E-state index contributed by atoms with van der Waals surface area (Å²) in [6.45, 7) is 1.25. The van der Waals surface area contributed by atoms with Gasteiger partial charge in [-0.25, -0.2) is 24.0 Å².